The molecule has 0 spiro atoms. The lowest BCUT2D eigenvalue weighted by Crippen LogP contribution is -2.52. The Hall–Kier alpha value is -1.53. The molecule has 0 saturated heterocycles. The summed E-state index contributed by atoms with van der Waals surface area (Å²) in [6, 6.07) is 11.0. The summed E-state index contributed by atoms with van der Waals surface area (Å²) in [6.45, 7) is 8.88. The quantitative estimate of drug-likeness (QED) is 0.901. The van der Waals surface area contributed by atoms with Gasteiger partial charge in [-0.25, -0.2) is 0 Å². The second kappa shape index (κ2) is 5.63. The predicted octanol–water partition coefficient (Wildman–Crippen LogP) is 2.58. The molecule has 0 bridgehead atoms. The largest absolute Gasteiger partial charge is 0.368 e. The average Bonchev–Trinajstić information content (AvgIpc) is 2.39. The molecule has 0 aromatic heterocycles. The molecule has 0 radical (unpaired) electrons. The fourth-order valence-corrected chi connectivity index (χ4v) is 2.96. The Labute approximate surface area is 116 Å². The average molecular weight is 257 g/mol. The van der Waals surface area contributed by atoms with Gasteiger partial charge in [-0.3, -0.25) is 5.32 Å². The van der Waals surface area contributed by atoms with E-state index in [1.807, 2.05) is 13.8 Å². The van der Waals surface area contributed by atoms with E-state index in [0.29, 0.717) is 5.92 Å². The van der Waals surface area contributed by atoms with Crippen LogP contribution in [-0.4, -0.2) is 25.2 Å². The number of hydrogen-bond acceptors (Lipinski definition) is 3. The molecule has 3 nitrogen and oxygen atoms in total. The number of nitrogens with zero attached hydrogens (tertiary/aromatic N) is 2. The van der Waals surface area contributed by atoms with Crippen molar-refractivity contribution in [1.29, 1.82) is 5.26 Å². The van der Waals surface area contributed by atoms with E-state index in [4.69, 9.17) is 0 Å². The minimum Gasteiger partial charge on any atom is -0.368 e. The van der Waals surface area contributed by atoms with Gasteiger partial charge in [0.2, 0.25) is 0 Å². The van der Waals surface area contributed by atoms with Crippen LogP contribution < -0.4 is 10.2 Å². The van der Waals surface area contributed by atoms with Crippen LogP contribution in [0.25, 0.3) is 0 Å². The summed E-state index contributed by atoms with van der Waals surface area (Å²) in [7, 11) is 0. The molecule has 0 aliphatic carbocycles. The van der Waals surface area contributed by atoms with Crippen LogP contribution in [0.4, 0.5) is 5.69 Å². The van der Waals surface area contributed by atoms with E-state index in [1.54, 1.807) is 0 Å². The molecule has 2 atom stereocenters. The van der Waals surface area contributed by atoms with Crippen LogP contribution in [0.15, 0.2) is 24.3 Å². The minimum atomic E-state index is -0.487. The molecule has 1 heterocycles. The first kappa shape index (κ1) is 13.9. The van der Waals surface area contributed by atoms with Crippen molar-refractivity contribution in [3.05, 3.63) is 29.8 Å². The molecule has 3 heteroatoms. The van der Waals surface area contributed by atoms with Gasteiger partial charge in [-0.1, -0.05) is 32.0 Å². The van der Waals surface area contributed by atoms with Crippen molar-refractivity contribution in [3.63, 3.8) is 0 Å². The summed E-state index contributed by atoms with van der Waals surface area (Å²) in [4.78, 5) is 2.36. The topological polar surface area (TPSA) is 39.1 Å². The van der Waals surface area contributed by atoms with Gasteiger partial charge in [0.05, 0.1) is 6.07 Å². The molecule has 19 heavy (non-hydrogen) atoms. The zero-order chi connectivity index (χ0) is 13.9. The summed E-state index contributed by atoms with van der Waals surface area (Å²) in [5.41, 5.74) is 2.21. The van der Waals surface area contributed by atoms with Crippen molar-refractivity contribution in [2.24, 2.45) is 5.92 Å². The highest BCUT2D eigenvalue weighted by atomic mass is 15.2. The van der Waals surface area contributed by atoms with Crippen LogP contribution in [-0.2, 0) is 6.42 Å². The summed E-state index contributed by atoms with van der Waals surface area (Å²) in [5, 5.41) is 12.7. The Bertz CT molecular complexity index is 477. The van der Waals surface area contributed by atoms with Crippen molar-refractivity contribution in [2.45, 2.75) is 32.7 Å². The van der Waals surface area contributed by atoms with Gasteiger partial charge in [-0.2, -0.15) is 5.26 Å². The van der Waals surface area contributed by atoms with Crippen LogP contribution in [0, 0.1) is 17.2 Å². The maximum Gasteiger partial charge on any atom is 0.121 e. The zero-order valence-corrected chi connectivity index (χ0v) is 12.1. The standard InChI is InChI=1S/C16H23N3/c1-4-18-16(3,11-17)12-19-10-13(2)9-14-7-5-6-8-15(14)19/h5-8,13,18H,4,9-10,12H2,1-3H3. The van der Waals surface area contributed by atoms with E-state index < -0.39 is 5.54 Å². The summed E-state index contributed by atoms with van der Waals surface area (Å²) < 4.78 is 0. The lowest BCUT2D eigenvalue weighted by molar-refractivity contribution is 0.428. The number of nitrogens with one attached hydrogen (secondary N) is 1. The van der Waals surface area contributed by atoms with E-state index in [9.17, 15) is 5.26 Å². The second-order valence-electron chi connectivity index (χ2n) is 5.79. The van der Waals surface area contributed by atoms with E-state index in [-0.39, 0.29) is 0 Å². The van der Waals surface area contributed by atoms with Crippen molar-refractivity contribution >= 4 is 5.69 Å². The maximum atomic E-state index is 9.42. The number of likely N-dealkylation sites (N-methyl/N-ethyl adjacent to an activating group) is 1. The van der Waals surface area contributed by atoms with Crippen LogP contribution in [0.5, 0.6) is 0 Å². The van der Waals surface area contributed by atoms with Gasteiger partial charge in [0.15, 0.2) is 0 Å². The molecule has 1 aliphatic rings. The monoisotopic (exact) mass is 257 g/mol. The fourth-order valence-electron chi connectivity index (χ4n) is 2.96. The number of fused-ring (bicyclic) bond motifs is 1. The van der Waals surface area contributed by atoms with Crippen LogP contribution in [0.3, 0.4) is 0 Å². The summed E-state index contributed by atoms with van der Waals surface area (Å²) in [5.74, 6) is 0.638. The highest BCUT2D eigenvalue weighted by Gasteiger charge is 2.29. The number of anilines is 1. The van der Waals surface area contributed by atoms with Gasteiger partial charge in [0.25, 0.3) is 0 Å². The van der Waals surface area contributed by atoms with Crippen molar-refractivity contribution in [2.75, 3.05) is 24.5 Å². The minimum absolute atomic E-state index is 0.487. The Kier molecular flexibility index (Phi) is 4.11. The highest BCUT2D eigenvalue weighted by Crippen LogP contribution is 2.30. The van der Waals surface area contributed by atoms with Crippen LogP contribution in [0.1, 0.15) is 26.3 Å². The molecule has 0 fully saturated rings. The smallest absolute Gasteiger partial charge is 0.121 e. The molecule has 2 rings (SSSR count). The van der Waals surface area contributed by atoms with Crippen molar-refractivity contribution in [1.82, 2.24) is 5.32 Å². The lowest BCUT2D eigenvalue weighted by atomic mass is 9.92. The Morgan fingerprint density at radius 1 is 1.47 bits per heavy atom. The molecular formula is C16H23N3. The lowest BCUT2D eigenvalue weighted by Gasteiger charge is -2.39. The van der Waals surface area contributed by atoms with Gasteiger partial charge in [0.1, 0.15) is 5.54 Å². The van der Waals surface area contributed by atoms with E-state index >= 15 is 0 Å². The molecule has 0 amide bonds. The normalized spacial score (nSPS) is 21.4. The Balaban J connectivity index is 2.24. The Morgan fingerprint density at radius 2 is 2.21 bits per heavy atom. The molecule has 0 saturated carbocycles. The van der Waals surface area contributed by atoms with Crippen molar-refractivity contribution < 1.29 is 0 Å². The fraction of sp³-hybridized carbons (Fsp3) is 0.562. The number of nitriles is 1. The zero-order valence-electron chi connectivity index (χ0n) is 12.1. The molecule has 1 aliphatic heterocycles. The van der Waals surface area contributed by atoms with Gasteiger partial charge < -0.3 is 4.90 Å². The van der Waals surface area contributed by atoms with Gasteiger partial charge in [0, 0.05) is 18.8 Å². The number of rotatable bonds is 4. The van der Waals surface area contributed by atoms with Gasteiger partial charge >= 0.3 is 0 Å². The third-order valence-electron chi connectivity index (χ3n) is 3.75. The second-order valence-corrected chi connectivity index (χ2v) is 5.79. The molecular weight excluding hydrogens is 234 g/mol. The van der Waals surface area contributed by atoms with Gasteiger partial charge in [-0.05, 0) is 37.4 Å². The number of para-hydroxylation sites is 1. The maximum absolute atomic E-state index is 9.42. The first-order valence-electron chi connectivity index (χ1n) is 7.07. The van der Waals surface area contributed by atoms with E-state index in [2.05, 4.69) is 47.5 Å². The number of hydrogen-bond donors (Lipinski definition) is 1. The van der Waals surface area contributed by atoms with Crippen LogP contribution in [0.2, 0.25) is 0 Å². The molecule has 1 N–H and O–H groups in total. The summed E-state index contributed by atoms with van der Waals surface area (Å²) >= 11 is 0. The molecule has 1 aromatic carbocycles. The molecule has 1 aromatic rings. The van der Waals surface area contributed by atoms with E-state index in [0.717, 1.165) is 26.1 Å². The Morgan fingerprint density at radius 3 is 2.89 bits per heavy atom. The number of benzene rings is 1. The first-order chi connectivity index (χ1) is 9.08. The predicted molar refractivity (Wildman–Crippen MR) is 79.2 cm³/mol. The molecule has 102 valence electrons. The SMILES string of the molecule is CCNC(C)(C#N)CN1CC(C)Cc2ccccc21. The first-order valence-corrected chi connectivity index (χ1v) is 7.07. The van der Waals surface area contributed by atoms with Crippen molar-refractivity contribution in [3.8, 4) is 6.07 Å². The van der Waals surface area contributed by atoms with Crippen LogP contribution >= 0.6 is 0 Å². The van der Waals surface area contributed by atoms with Gasteiger partial charge in [-0.15, -0.1) is 0 Å². The highest BCUT2D eigenvalue weighted by molar-refractivity contribution is 5.56. The third kappa shape index (κ3) is 3.08. The third-order valence-corrected chi connectivity index (χ3v) is 3.75. The summed E-state index contributed by atoms with van der Waals surface area (Å²) in [6.07, 6.45) is 1.14. The van der Waals surface area contributed by atoms with E-state index in [1.165, 1.54) is 11.3 Å². The molecule has 2 unspecified atom stereocenters.